The van der Waals surface area contributed by atoms with Gasteiger partial charge in [0.15, 0.2) is 18.1 Å². The molecular weight excluding hydrogens is 347 g/mol. The Bertz CT molecular complexity index is 749. The molecule has 3 rings (SSSR count). The minimum Gasteiger partial charge on any atom is -0.491 e. The van der Waals surface area contributed by atoms with Crippen LogP contribution in [-0.4, -0.2) is 26.0 Å². The van der Waals surface area contributed by atoms with Crippen LogP contribution in [0.4, 0.5) is 13.2 Å². The minimum absolute atomic E-state index is 0.0721. The van der Waals surface area contributed by atoms with Crippen molar-refractivity contribution < 1.29 is 27.4 Å². The van der Waals surface area contributed by atoms with Crippen LogP contribution in [0.15, 0.2) is 42.5 Å². The van der Waals surface area contributed by atoms with Crippen molar-refractivity contribution in [3.63, 3.8) is 0 Å². The number of benzene rings is 2. The molecule has 0 aliphatic carbocycles. The van der Waals surface area contributed by atoms with Gasteiger partial charge in [-0.2, -0.15) is 13.2 Å². The molecule has 140 valence electrons. The van der Waals surface area contributed by atoms with Crippen LogP contribution in [0.5, 0.6) is 17.2 Å². The van der Waals surface area contributed by atoms with Crippen LogP contribution in [0, 0.1) is 0 Å². The summed E-state index contributed by atoms with van der Waals surface area (Å²) in [7, 11) is 0. The molecule has 1 heterocycles. The average molecular weight is 367 g/mol. The standard InChI is InChI=1S/C19H20F3NO3/c1-2-24-18-9-13(7-8-17(18)26-12-19(20,21)22)10-23-15-11-25-16-6-4-3-5-14(15)16/h3-9,15,23H,2,10-12H2,1H3. The molecule has 0 radical (unpaired) electrons. The van der Waals surface area contributed by atoms with Crippen LogP contribution < -0.4 is 19.5 Å². The van der Waals surface area contributed by atoms with E-state index in [1.54, 1.807) is 19.1 Å². The molecule has 1 unspecified atom stereocenters. The van der Waals surface area contributed by atoms with E-state index in [2.05, 4.69) is 5.32 Å². The Morgan fingerprint density at radius 2 is 1.92 bits per heavy atom. The third-order valence-electron chi connectivity index (χ3n) is 3.95. The number of hydrogen-bond acceptors (Lipinski definition) is 4. The molecule has 0 saturated carbocycles. The van der Waals surface area contributed by atoms with Gasteiger partial charge in [-0.15, -0.1) is 0 Å². The van der Waals surface area contributed by atoms with Crippen LogP contribution >= 0.6 is 0 Å². The fourth-order valence-corrected chi connectivity index (χ4v) is 2.78. The first-order valence-corrected chi connectivity index (χ1v) is 8.36. The van der Waals surface area contributed by atoms with Crippen LogP contribution in [0.3, 0.4) is 0 Å². The minimum atomic E-state index is -4.39. The van der Waals surface area contributed by atoms with Crippen molar-refractivity contribution in [1.29, 1.82) is 0 Å². The molecule has 4 nitrogen and oxygen atoms in total. The zero-order chi connectivity index (χ0) is 18.6. The van der Waals surface area contributed by atoms with Crippen LogP contribution in [0.1, 0.15) is 24.1 Å². The smallest absolute Gasteiger partial charge is 0.422 e. The topological polar surface area (TPSA) is 39.7 Å². The number of fused-ring (bicyclic) bond motifs is 1. The molecule has 0 aromatic heterocycles. The largest absolute Gasteiger partial charge is 0.491 e. The number of nitrogens with one attached hydrogen (secondary N) is 1. The van der Waals surface area contributed by atoms with E-state index in [-0.39, 0.29) is 11.8 Å². The molecule has 26 heavy (non-hydrogen) atoms. The van der Waals surface area contributed by atoms with Crippen LogP contribution in [0.25, 0.3) is 0 Å². The molecule has 0 amide bonds. The lowest BCUT2D eigenvalue weighted by Gasteiger charge is -2.16. The number of halogens is 3. The first-order valence-electron chi connectivity index (χ1n) is 8.36. The Hall–Kier alpha value is -2.41. The summed E-state index contributed by atoms with van der Waals surface area (Å²) in [4.78, 5) is 0. The summed E-state index contributed by atoms with van der Waals surface area (Å²) >= 11 is 0. The summed E-state index contributed by atoms with van der Waals surface area (Å²) < 4.78 is 53.0. The summed E-state index contributed by atoms with van der Waals surface area (Å²) in [6.07, 6.45) is -4.39. The van der Waals surface area contributed by atoms with E-state index in [9.17, 15) is 13.2 Å². The number of alkyl halides is 3. The van der Waals surface area contributed by atoms with Gasteiger partial charge in [0.2, 0.25) is 0 Å². The van der Waals surface area contributed by atoms with Crippen molar-refractivity contribution in [1.82, 2.24) is 5.32 Å². The molecule has 1 aliphatic rings. The van der Waals surface area contributed by atoms with Gasteiger partial charge in [-0.3, -0.25) is 0 Å². The third kappa shape index (κ3) is 4.60. The van der Waals surface area contributed by atoms with Gasteiger partial charge in [-0.25, -0.2) is 0 Å². The van der Waals surface area contributed by atoms with E-state index < -0.39 is 12.8 Å². The highest BCUT2D eigenvalue weighted by atomic mass is 19.4. The molecule has 0 spiro atoms. The van der Waals surface area contributed by atoms with E-state index in [0.29, 0.717) is 25.5 Å². The van der Waals surface area contributed by atoms with Gasteiger partial charge < -0.3 is 19.5 Å². The number of hydrogen-bond donors (Lipinski definition) is 1. The Morgan fingerprint density at radius 3 is 2.69 bits per heavy atom. The second-order valence-corrected chi connectivity index (χ2v) is 5.90. The maximum Gasteiger partial charge on any atom is 0.422 e. The molecule has 0 saturated heterocycles. The number of para-hydroxylation sites is 1. The molecular formula is C19H20F3NO3. The second-order valence-electron chi connectivity index (χ2n) is 5.90. The Morgan fingerprint density at radius 1 is 1.12 bits per heavy atom. The third-order valence-corrected chi connectivity index (χ3v) is 3.95. The monoisotopic (exact) mass is 367 g/mol. The first-order chi connectivity index (χ1) is 12.5. The predicted molar refractivity (Wildman–Crippen MR) is 90.7 cm³/mol. The fraction of sp³-hybridized carbons (Fsp3) is 0.368. The number of rotatable bonds is 7. The average Bonchev–Trinajstić information content (AvgIpc) is 3.02. The summed E-state index contributed by atoms with van der Waals surface area (Å²) in [5.74, 6) is 1.26. The van der Waals surface area contributed by atoms with Gasteiger partial charge in [-0.05, 0) is 30.7 Å². The van der Waals surface area contributed by atoms with Crippen molar-refractivity contribution in [2.24, 2.45) is 0 Å². The first kappa shape index (κ1) is 18.4. The van der Waals surface area contributed by atoms with Gasteiger partial charge >= 0.3 is 6.18 Å². The summed E-state index contributed by atoms with van der Waals surface area (Å²) in [6.45, 7) is 1.83. The van der Waals surface area contributed by atoms with Gasteiger partial charge in [-0.1, -0.05) is 24.3 Å². The lowest BCUT2D eigenvalue weighted by Crippen LogP contribution is -2.22. The molecule has 1 N–H and O–H groups in total. The van der Waals surface area contributed by atoms with Crippen LogP contribution in [0.2, 0.25) is 0 Å². The van der Waals surface area contributed by atoms with Crippen LogP contribution in [-0.2, 0) is 6.54 Å². The maximum absolute atomic E-state index is 12.4. The molecule has 2 aromatic carbocycles. The van der Waals surface area contributed by atoms with E-state index in [0.717, 1.165) is 16.9 Å². The Kier molecular flexibility index (Phi) is 5.56. The highest BCUT2D eigenvalue weighted by molar-refractivity contribution is 5.43. The van der Waals surface area contributed by atoms with Crippen molar-refractivity contribution in [2.75, 3.05) is 19.8 Å². The molecule has 7 heteroatoms. The van der Waals surface area contributed by atoms with Crippen molar-refractivity contribution in [3.05, 3.63) is 53.6 Å². The van der Waals surface area contributed by atoms with Crippen molar-refractivity contribution >= 4 is 0 Å². The molecule has 1 aliphatic heterocycles. The SMILES string of the molecule is CCOc1cc(CNC2COc3ccccc32)ccc1OCC(F)(F)F. The Balaban J connectivity index is 1.66. The Labute approximate surface area is 149 Å². The lowest BCUT2D eigenvalue weighted by atomic mass is 10.1. The molecule has 0 fully saturated rings. The van der Waals surface area contributed by atoms with Gasteiger partial charge in [0, 0.05) is 12.1 Å². The normalized spacial score (nSPS) is 16.1. The summed E-state index contributed by atoms with van der Waals surface area (Å²) in [6, 6.07) is 12.8. The maximum atomic E-state index is 12.4. The molecule has 1 atom stereocenters. The van der Waals surface area contributed by atoms with Crippen molar-refractivity contribution in [3.8, 4) is 17.2 Å². The van der Waals surface area contributed by atoms with E-state index in [1.807, 2.05) is 24.3 Å². The number of ether oxygens (including phenoxy) is 3. The fourth-order valence-electron chi connectivity index (χ4n) is 2.78. The van der Waals surface area contributed by atoms with E-state index in [4.69, 9.17) is 14.2 Å². The quantitative estimate of drug-likeness (QED) is 0.794. The second kappa shape index (κ2) is 7.86. The molecule has 0 bridgehead atoms. The molecule has 2 aromatic rings. The van der Waals surface area contributed by atoms with E-state index in [1.165, 1.54) is 6.07 Å². The zero-order valence-electron chi connectivity index (χ0n) is 14.3. The van der Waals surface area contributed by atoms with Crippen molar-refractivity contribution in [2.45, 2.75) is 25.7 Å². The summed E-state index contributed by atoms with van der Waals surface area (Å²) in [5, 5.41) is 3.40. The van der Waals surface area contributed by atoms with Gasteiger partial charge in [0.25, 0.3) is 0 Å². The predicted octanol–water partition coefficient (Wildman–Crippen LogP) is 4.25. The zero-order valence-corrected chi connectivity index (χ0v) is 14.3. The van der Waals surface area contributed by atoms with Gasteiger partial charge in [0.1, 0.15) is 12.4 Å². The van der Waals surface area contributed by atoms with Gasteiger partial charge in [0.05, 0.1) is 12.6 Å². The van der Waals surface area contributed by atoms with E-state index >= 15 is 0 Å². The highest BCUT2D eigenvalue weighted by Gasteiger charge is 2.29. The highest BCUT2D eigenvalue weighted by Crippen LogP contribution is 2.33. The lowest BCUT2D eigenvalue weighted by molar-refractivity contribution is -0.153. The summed E-state index contributed by atoms with van der Waals surface area (Å²) in [5.41, 5.74) is 1.99.